The van der Waals surface area contributed by atoms with Crippen molar-refractivity contribution in [2.75, 3.05) is 30.3 Å². The van der Waals surface area contributed by atoms with Crippen molar-refractivity contribution >= 4 is 45.3 Å². The number of carbonyl (C=O) groups is 1. The van der Waals surface area contributed by atoms with E-state index in [2.05, 4.69) is 31.6 Å². The van der Waals surface area contributed by atoms with Crippen molar-refractivity contribution in [2.24, 2.45) is 0 Å². The third-order valence-electron chi connectivity index (χ3n) is 8.75. The van der Waals surface area contributed by atoms with Crippen LogP contribution in [0.1, 0.15) is 36.6 Å². The minimum absolute atomic E-state index is 0.0257. The van der Waals surface area contributed by atoms with E-state index in [1.54, 1.807) is 27.9 Å². The molecular formula is C33H32FN7O2S. The average molecular weight is 610 g/mol. The lowest BCUT2D eigenvalue weighted by molar-refractivity contribution is -0.126. The Kier molecular flexibility index (Phi) is 6.80. The van der Waals surface area contributed by atoms with Crippen LogP contribution in [-0.4, -0.2) is 67.0 Å². The number of nitrogens with zero attached hydrogens (tertiary/aromatic N) is 6. The minimum Gasteiger partial charge on any atom is -0.348 e. The van der Waals surface area contributed by atoms with Gasteiger partial charge in [-0.15, -0.1) is 11.8 Å². The van der Waals surface area contributed by atoms with Gasteiger partial charge in [0.15, 0.2) is 0 Å². The molecule has 2 aliphatic rings. The minimum atomic E-state index is -0.456. The van der Waals surface area contributed by atoms with Crippen LogP contribution in [-0.2, 0) is 4.79 Å². The Balaban J connectivity index is 1.59. The van der Waals surface area contributed by atoms with Crippen LogP contribution in [0.4, 0.5) is 10.2 Å². The van der Waals surface area contributed by atoms with Gasteiger partial charge in [0.05, 0.1) is 44.9 Å². The maximum absolute atomic E-state index is 17.1. The van der Waals surface area contributed by atoms with Gasteiger partial charge in [0, 0.05) is 42.5 Å². The molecule has 3 aromatic heterocycles. The molecule has 7 rings (SSSR count). The number of fused-ring (bicyclic) bond motifs is 3. The highest BCUT2D eigenvalue weighted by Crippen LogP contribution is 2.46. The summed E-state index contributed by atoms with van der Waals surface area (Å²) in [7, 11) is 0. The summed E-state index contributed by atoms with van der Waals surface area (Å²) in [6.45, 7) is 13.0. The summed E-state index contributed by atoms with van der Waals surface area (Å²) >= 11 is 1.41. The number of H-pyrrole nitrogens is 1. The second kappa shape index (κ2) is 10.6. The van der Waals surface area contributed by atoms with Crippen LogP contribution < -0.4 is 10.6 Å². The van der Waals surface area contributed by atoms with Gasteiger partial charge in [0.2, 0.25) is 5.91 Å². The van der Waals surface area contributed by atoms with E-state index in [0.717, 1.165) is 33.3 Å². The molecule has 0 bridgehead atoms. The fraction of sp³-hybridized carbons (Fsp3) is 0.303. The Labute approximate surface area is 257 Å². The molecule has 44 heavy (non-hydrogen) atoms. The third-order valence-corrected chi connectivity index (χ3v) is 9.97. The molecule has 1 atom stereocenters. The lowest BCUT2D eigenvalue weighted by atomic mass is 9.95. The summed E-state index contributed by atoms with van der Waals surface area (Å²) in [5, 5.41) is 8.63. The molecule has 5 heterocycles. The number of nitrogens with one attached hydrogen (secondary N) is 1. The quantitative estimate of drug-likeness (QED) is 0.268. The maximum Gasteiger partial charge on any atom is 0.354 e. The van der Waals surface area contributed by atoms with Crippen LogP contribution in [0.25, 0.3) is 38.6 Å². The van der Waals surface area contributed by atoms with Crippen molar-refractivity contribution in [1.82, 2.24) is 29.6 Å². The third kappa shape index (κ3) is 4.24. The molecule has 0 saturated carbocycles. The largest absolute Gasteiger partial charge is 0.354 e. The number of anilines is 1. The Morgan fingerprint density at radius 3 is 2.80 bits per heavy atom. The summed E-state index contributed by atoms with van der Waals surface area (Å²) in [6.07, 6.45) is 4.78. The zero-order valence-electron chi connectivity index (χ0n) is 25.0. The van der Waals surface area contributed by atoms with Crippen LogP contribution in [0.2, 0.25) is 0 Å². The van der Waals surface area contributed by atoms with Crippen LogP contribution in [0, 0.1) is 19.7 Å². The molecule has 1 fully saturated rings. The monoisotopic (exact) mass is 609 g/mol. The summed E-state index contributed by atoms with van der Waals surface area (Å²) in [4.78, 5) is 40.4. The summed E-state index contributed by atoms with van der Waals surface area (Å²) in [6, 6.07) is 7.40. The number of thioether (sulfide) groups is 1. The summed E-state index contributed by atoms with van der Waals surface area (Å²) in [5.41, 5.74) is 5.23. The van der Waals surface area contributed by atoms with Crippen LogP contribution >= 0.6 is 11.8 Å². The SMILES string of the molecule is C=CC(=O)N1CCN2c3nc(=O)n(-c4c(C)ccnc4C(C)C)c4cc(-c5c(C)ccc6[nH]ncc56)c(F)c(c34)SCC2C1. The number of benzene rings is 2. The molecule has 1 unspecified atom stereocenters. The highest BCUT2D eigenvalue weighted by atomic mass is 32.2. The Hall–Kier alpha value is -4.51. The van der Waals surface area contributed by atoms with E-state index < -0.39 is 5.69 Å². The lowest BCUT2D eigenvalue weighted by Crippen LogP contribution is -2.56. The van der Waals surface area contributed by atoms with Crippen molar-refractivity contribution in [3.8, 4) is 16.8 Å². The number of halogens is 1. The predicted molar refractivity (Wildman–Crippen MR) is 172 cm³/mol. The van der Waals surface area contributed by atoms with Crippen molar-refractivity contribution in [3.05, 3.63) is 82.4 Å². The molecule has 0 aliphatic carbocycles. The Morgan fingerprint density at radius 2 is 2.02 bits per heavy atom. The molecule has 0 radical (unpaired) electrons. The number of aromatic nitrogens is 5. The van der Waals surface area contributed by atoms with Crippen LogP contribution in [0.3, 0.4) is 0 Å². The van der Waals surface area contributed by atoms with E-state index in [4.69, 9.17) is 0 Å². The standard InChI is InChI=1S/C33H32FN7O2S/c1-6-25(42)39-11-12-40-20(15-39)16-44-31-27-24(13-21(28(31)34)26-18(4)7-8-23-22(26)14-36-38-23)41(33(43)37-32(27)40)30-19(5)9-10-35-29(30)17(2)3/h6-10,13-14,17,20H,1,11-12,15-16H2,2-5H3,(H,36,38). The normalized spacial score (nSPS) is 16.5. The molecule has 9 nitrogen and oxygen atoms in total. The van der Waals surface area contributed by atoms with Gasteiger partial charge in [-0.05, 0) is 60.7 Å². The van der Waals surface area contributed by atoms with Gasteiger partial charge >= 0.3 is 5.69 Å². The number of pyridine rings is 1. The van der Waals surface area contributed by atoms with Gasteiger partial charge in [-0.3, -0.25) is 19.4 Å². The fourth-order valence-electron chi connectivity index (χ4n) is 6.61. The van der Waals surface area contributed by atoms with Gasteiger partial charge in [-0.2, -0.15) is 10.1 Å². The number of piperazine rings is 1. The molecule has 0 spiro atoms. The fourth-order valence-corrected chi connectivity index (χ4v) is 7.83. The van der Waals surface area contributed by atoms with Crippen molar-refractivity contribution in [2.45, 2.75) is 44.6 Å². The first-order valence-electron chi connectivity index (χ1n) is 14.7. The van der Waals surface area contributed by atoms with Gasteiger partial charge in [0.1, 0.15) is 11.6 Å². The summed E-state index contributed by atoms with van der Waals surface area (Å²) < 4.78 is 18.7. The van der Waals surface area contributed by atoms with Gasteiger partial charge in [-0.25, -0.2) is 9.18 Å². The molecule has 11 heteroatoms. The highest BCUT2D eigenvalue weighted by molar-refractivity contribution is 7.99. The number of carbonyl (C=O) groups excluding carboxylic acids is 1. The molecule has 2 aliphatic heterocycles. The maximum atomic E-state index is 17.1. The number of rotatable bonds is 4. The first-order valence-corrected chi connectivity index (χ1v) is 15.7. The lowest BCUT2D eigenvalue weighted by Gasteiger charge is -2.41. The van der Waals surface area contributed by atoms with E-state index in [-0.39, 0.29) is 23.7 Å². The first-order chi connectivity index (χ1) is 21.2. The second-order valence-electron chi connectivity index (χ2n) is 11.8. The van der Waals surface area contributed by atoms with E-state index in [1.165, 1.54) is 17.8 Å². The smallest absolute Gasteiger partial charge is 0.348 e. The van der Waals surface area contributed by atoms with Crippen LogP contribution in [0.15, 0.2) is 59.0 Å². The molecule has 5 aromatic rings. The van der Waals surface area contributed by atoms with Crippen LogP contribution in [0.5, 0.6) is 0 Å². The topological polar surface area (TPSA) is 100 Å². The molecular weight excluding hydrogens is 577 g/mol. The molecule has 1 N–H and O–H groups in total. The number of aryl methyl sites for hydroxylation is 2. The predicted octanol–water partition coefficient (Wildman–Crippen LogP) is 5.51. The zero-order valence-corrected chi connectivity index (χ0v) is 25.8. The molecule has 1 saturated heterocycles. The molecule has 224 valence electrons. The van der Waals surface area contributed by atoms with Crippen molar-refractivity contribution in [1.29, 1.82) is 0 Å². The number of amides is 1. The average Bonchev–Trinajstić information content (AvgIpc) is 3.42. The number of hydrogen-bond donors (Lipinski definition) is 1. The van der Waals surface area contributed by atoms with E-state index in [9.17, 15) is 9.59 Å². The molecule has 1 amide bonds. The van der Waals surface area contributed by atoms with Gasteiger partial charge in [-0.1, -0.05) is 26.5 Å². The van der Waals surface area contributed by atoms with Crippen molar-refractivity contribution in [3.63, 3.8) is 0 Å². The van der Waals surface area contributed by atoms with E-state index in [0.29, 0.717) is 58.3 Å². The number of hydrogen-bond acceptors (Lipinski definition) is 7. The summed E-state index contributed by atoms with van der Waals surface area (Å²) in [5.74, 6) is 0.485. The van der Waals surface area contributed by atoms with Gasteiger partial charge in [0.25, 0.3) is 0 Å². The van der Waals surface area contributed by atoms with Crippen molar-refractivity contribution < 1.29 is 9.18 Å². The highest BCUT2D eigenvalue weighted by Gasteiger charge is 2.36. The second-order valence-corrected chi connectivity index (χ2v) is 12.8. The van der Waals surface area contributed by atoms with E-state index in [1.807, 2.05) is 45.9 Å². The zero-order chi connectivity index (χ0) is 30.9. The Bertz CT molecular complexity index is 2070. The molecule has 2 aromatic carbocycles. The van der Waals surface area contributed by atoms with E-state index >= 15 is 4.39 Å². The van der Waals surface area contributed by atoms with Gasteiger partial charge < -0.3 is 9.80 Å². The first kappa shape index (κ1) is 28.3. The number of aromatic amines is 1. The Morgan fingerprint density at radius 1 is 1.20 bits per heavy atom.